The Morgan fingerprint density at radius 3 is 2.56 bits per heavy atom. The molecule has 9 heteroatoms. The number of nitrogens with one attached hydrogen (secondary N) is 3. The summed E-state index contributed by atoms with van der Waals surface area (Å²) < 4.78 is 5.05. The summed E-state index contributed by atoms with van der Waals surface area (Å²) >= 11 is 13.7. The van der Waals surface area contributed by atoms with Crippen molar-refractivity contribution in [3.8, 4) is 5.75 Å². The molecular formula is C16H17Cl2N3O3S. The van der Waals surface area contributed by atoms with Gasteiger partial charge < -0.3 is 15.4 Å². The van der Waals surface area contributed by atoms with Crippen molar-refractivity contribution in [1.29, 1.82) is 0 Å². The average molecular weight is 402 g/mol. The van der Waals surface area contributed by atoms with E-state index in [4.69, 9.17) is 27.9 Å². The normalized spacial score (nSPS) is 10.2. The minimum absolute atomic E-state index is 0.0999. The highest BCUT2D eigenvalue weighted by molar-refractivity contribution is 7.09. The second-order valence-corrected chi connectivity index (χ2v) is 6.81. The third-order valence-electron chi connectivity index (χ3n) is 3.15. The number of urea groups is 1. The molecule has 0 atom stereocenters. The first-order chi connectivity index (χ1) is 12.0. The number of methoxy groups -OCH3 is 1. The van der Waals surface area contributed by atoms with E-state index >= 15 is 0 Å². The molecule has 1 heterocycles. The average Bonchev–Trinajstić information content (AvgIpc) is 3.06. The standard InChI is InChI=1S/C16H17Cl2N3O3S/c1-24-15-12(17)7-10(8-13(15)18)20-9-14(22)21-16(23)19-5-4-11-3-2-6-25-11/h2-3,6-8,20H,4-5,9H2,1H3,(H2,19,21,22,23). The zero-order valence-corrected chi connectivity index (χ0v) is 15.7. The molecule has 0 bridgehead atoms. The van der Waals surface area contributed by atoms with Crippen LogP contribution in [0.1, 0.15) is 4.88 Å². The molecule has 1 aromatic heterocycles. The Hall–Kier alpha value is -1.96. The van der Waals surface area contributed by atoms with Gasteiger partial charge >= 0.3 is 6.03 Å². The van der Waals surface area contributed by atoms with Crippen LogP contribution >= 0.6 is 34.5 Å². The maximum Gasteiger partial charge on any atom is 0.321 e. The molecule has 0 unspecified atom stereocenters. The highest BCUT2D eigenvalue weighted by Gasteiger charge is 2.11. The lowest BCUT2D eigenvalue weighted by Crippen LogP contribution is -2.42. The van der Waals surface area contributed by atoms with Crippen LogP contribution in [-0.4, -0.2) is 32.1 Å². The van der Waals surface area contributed by atoms with Crippen molar-refractivity contribution in [3.63, 3.8) is 0 Å². The maximum absolute atomic E-state index is 11.8. The highest BCUT2D eigenvalue weighted by atomic mass is 35.5. The van der Waals surface area contributed by atoms with Crippen LogP contribution in [0.5, 0.6) is 5.75 Å². The fraction of sp³-hybridized carbons (Fsp3) is 0.250. The first kappa shape index (κ1) is 19.4. The molecule has 0 radical (unpaired) electrons. The summed E-state index contributed by atoms with van der Waals surface area (Å²) in [5.74, 6) is -0.111. The first-order valence-electron chi connectivity index (χ1n) is 7.36. The third kappa shape index (κ3) is 6.12. The Morgan fingerprint density at radius 1 is 1.24 bits per heavy atom. The number of rotatable bonds is 7. The van der Waals surface area contributed by atoms with E-state index in [2.05, 4.69) is 16.0 Å². The van der Waals surface area contributed by atoms with Crippen molar-refractivity contribution in [2.75, 3.05) is 25.5 Å². The van der Waals surface area contributed by atoms with Gasteiger partial charge in [-0.2, -0.15) is 0 Å². The van der Waals surface area contributed by atoms with Crippen molar-refractivity contribution in [1.82, 2.24) is 10.6 Å². The lowest BCUT2D eigenvalue weighted by atomic mass is 10.3. The van der Waals surface area contributed by atoms with E-state index in [-0.39, 0.29) is 6.54 Å². The van der Waals surface area contributed by atoms with E-state index in [1.54, 1.807) is 23.5 Å². The summed E-state index contributed by atoms with van der Waals surface area (Å²) in [6, 6.07) is 6.58. The van der Waals surface area contributed by atoms with Gasteiger partial charge in [0.2, 0.25) is 5.91 Å². The largest absolute Gasteiger partial charge is 0.494 e. The number of halogens is 2. The summed E-state index contributed by atoms with van der Waals surface area (Å²) in [7, 11) is 1.46. The Bertz CT molecular complexity index is 715. The van der Waals surface area contributed by atoms with Crippen molar-refractivity contribution >= 4 is 52.2 Å². The van der Waals surface area contributed by atoms with Crippen molar-refractivity contribution in [3.05, 3.63) is 44.6 Å². The Kier molecular flexibility index (Phi) is 7.36. The van der Waals surface area contributed by atoms with Crippen LogP contribution in [0.2, 0.25) is 10.0 Å². The van der Waals surface area contributed by atoms with E-state index in [1.807, 2.05) is 17.5 Å². The highest BCUT2D eigenvalue weighted by Crippen LogP contribution is 2.35. The van der Waals surface area contributed by atoms with Crippen molar-refractivity contribution in [2.24, 2.45) is 0 Å². The summed E-state index contributed by atoms with van der Waals surface area (Å²) in [4.78, 5) is 24.6. The van der Waals surface area contributed by atoms with Gasteiger partial charge in [-0.3, -0.25) is 10.1 Å². The molecule has 6 nitrogen and oxygen atoms in total. The van der Waals surface area contributed by atoms with Gasteiger partial charge in [-0.15, -0.1) is 11.3 Å². The van der Waals surface area contributed by atoms with E-state index in [9.17, 15) is 9.59 Å². The van der Waals surface area contributed by atoms with E-state index < -0.39 is 11.9 Å². The van der Waals surface area contributed by atoms with Crippen LogP contribution in [0.4, 0.5) is 10.5 Å². The molecule has 0 aliphatic rings. The number of thiophene rings is 1. The second kappa shape index (κ2) is 9.50. The summed E-state index contributed by atoms with van der Waals surface area (Å²) in [5.41, 5.74) is 0.545. The van der Waals surface area contributed by atoms with Crippen molar-refractivity contribution < 1.29 is 14.3 Å². The third-order valence-corrected chi connectivity index (χ3v) is 4.64. The summed E-state index contributed by atoms with van der Waals surface area (Å²) in [5, 5.41) is 10.3. The quantitative estimate of drug-likeness (QED) is 0.662. The number of anilines is 1. The molecule has 0 aliphatic carbocycles. The van der Waals surface area contributed by atoms with Crippen LogP contribution < -0.4 is 20.7 Å². The molecule has 0 spiro atoms. The topological polar surface area (TPSA) is 79.5 Å². The number of imide groups is 1. The van der Waals surface area contributed by atoms with Gasteiger partial charge in [0.05, 0.1) is 23.7 Å². The molecule has 0 saturated carbocycles. The van der Waals surface area contributed by atoms with Crippen molar-refractivity contribution in [2.45, 2.75) is 6.42 Å². The lowest BCUT2D eigenvalue weighted by Gasteiger charge is -2.11. The molecule has 3 amide bonds. The molecular weight excluding hydrogens is 385 g/mol. The van der Waals surface area contributed by atoms with E-state index in [0.717, 1.165) is 6.42 Å². The molecule has 1 aromatic carbocycles. The number of amides is 3. The summed E-state index contributed by atoms with van der Waals surface area (Å²) in [6.45, 7) is 0.355. The van der Waals surface area contributed by atoms with Crippen LogP contribution in [-0.2, 0) is 11.2 Å². The number of hydrogen-bond acceptors (Lipinski definition) is 5. The van der Waals surface area contributed by atoms with Gasteiger partial charge in [-0.1, -0.05) is 29.3 Å². The predicted octanol–water partition coefficient (Wildman–Crippen LogP) is 3.54. The fourth-order valence-corrected chi connectivity index (χ4v) is 3.36. The van der Waals surface area contributed by atoms with E-state index in [1.165, 1.54) is 12.0 Å². The summed E-state index contributed by atoms with van der Waals surface area (Å²) in [6.07, 6.45) is 0.723. The lowest BCUT2D eigenvalue weighted by molar-refractivity contribution is -0.118. The number of carbonyl (C=O) groups excluding carboxylic acids is 2. The molecule has 134 valence electrons. The molecule has 2 aromatic rings. The predicted molar refractivity (Wildman–Crippen MR) is 101 cm³/mol. The molecule has 3 N–H and O–H groups in total. The van der Waals surface area contributed by atoms with Gasteiger partial charge in [0.1, 0.15) is 0 Å². The monoisotopic (exact) mass is 401 g/mol. The Balaban J connectivity index is 1.73. The number of hydrogen-bond donors (Lipinski definition) is 3. The molecule has 25 heavy (non-hydrogen) atoms. The number of carbonyl (C=O) groups is 2. The van der Waals surface area contributed by atoms with Gasteiger partial charge in [0.15, 0.2) is 5.75 Å². The van der Waals surface area contributed by atoms with Crippen LogP contribution in [0.15, 0.2) is 29.6 Å². The smallest absolute Gasteiger partial charge is 0.321 e. The molecule has 0 fully saturated rings. The minimum Gasteiger partial charge on any atom is -0.494 e. The Morgan fingerprint density at radius 2 is 1.96 bits per heavy atom. The molecule has 0 aliphatic heterocycles. The molecule has 2 rings (SSSR count). The van der Waals surface area contributed by atoms with E-state index in [0.29, 0.717) is 28.0 Å². The van der Waals surface area contributed by atoms with Gasteiger partial charge in [0, 0.05) is 17.1 Å². The zero-order chi connectivity index (χ0) is 18.2. The van der Waals surface area contributed by atoms with Crippen LogP contribution in [0.3, 0.4) is 0 Å². The first-order valence-corrected chi connectivity index (χ1v) is 9.00. The minimum atomic E-state index is -0.533. The van der Waals surface area contributed by atoms with Gasteiger partial charge in [0.25, 0.3) is 0 Å². The molecule has 0 saturated heterocycles. The maximum atomic E-state index is 11.8. The fourth-order valence-electron chi connectivity index (χ4n) is 2.01. The van der Waals surface area contributed by atoms with Crippen LogP contribution in [0, 0.1) is 0 Å². The number of ether oxygens (including phenoxy) is 1. The Labute approximate surface area is 159 Å². The van der Waals surface area contributed by atoms with Gasteiger partial charge in [-0.25, -0.2) is 4.79 Å². The van der Waals surface area contributed by atoms with Gasteiger partial charge in [-0.05, 0) is 30.0 Å². The SMILES string of the molecule is COc1c(Cl)cc(NCC(=O)NC(=O)NCCc2cccs2)cc1Cl. The van der Waals surface area contributed by atoms with Crippen LogP contribution in [0.25, 0.3) is 0 Å². The zero-order valence-electron chi connectivity index (χ0n) is 13.4. The second-order valence-electron chi connectivity index (χ2n) is 4.96. The number of benzene rings is 1.